The molecule has 31 valence electrons. The summed E-state index contributed by atoms with van der Waals surface area (Å²) in [5, 5.41) is 0. The van der Waals surface area contributed by atoms with Gasteiger partial charge in [-0.05, 0) is 0 Å². The van der Waals surface area contributed by atoms with Crippen molar-refractivity contribution in [1.82, 2.24) is 0 Å². The van der Waals surface area contributed by atoms with E-state index in [0.29, 0.717) is 0 Å². The molecule has 4 heavy (non-hydrogen) atoms. The maximum atomic E-state index is 0. The summed E-state index contributed by atoms with van der Waals surface area (Å²) in [5.41, 5.74) is 0. The van der Waals surface area contributed by atoms with Crippen molar-refractivity contribution in [2.24, 2.45) is 0 Å². The minimum atomic E-state index is 0. The van der Waals surface area contributed by atoms with Crippen LogP contribution in [0.15, 0.2) is 0 Å². The molecule has 0 nitrogen and oxygen atoms in total. The predicted molar refractivity (Wildman–Crippen MR) is 18.3 cm³/mol. The Morgan fingerprint density at radius 1 is 1.00 bits per heavy atom. The van der Waals surface area contributed by atoms with Crippen LogP contribution in [-0.4, -0.2) is 23.9 Å². The molecule has 1 unspecified atom stereocenters. The van der Waals surface area contributed by atoms with E-state index in [-0.39, 0.29) is 67.4 Å². The monoisotopic (exact) mass is 269 g/mol. The molecule has 0 saturated carbocycles. The van der Waals surface area contributed by atoms with Crippen LogP contribution in [0.5, 0.6) is 0 Å². The Labute approximate surface area is 66.8 Å². The average Bonchev–Trinajstić information content (AvgIpc) is 0. The Bertz CT molecular complexity index is 8.00. The zero-order chi connectivity index (χ0) is 0. The first-order valence-corrected chi connectivity index (χ1v) is 0. The first-order chi connectivity index (χ1) is 0. The Hall–Kier alpha value is 2.24. The SMILES string of the molecule is P.[Fe].[Ni].[SnH]. The Balaban J connectivity index is 0. The van der Waals surface area contributed by atoms with Crippen LogP contribution < -0.4 is 0 Å². The fourth-order valence-corrected chi connectivity index (χ4v) is 0. The molecule has 0 saturated heterocycles. The van der Waals surface area contributed by atoms with Gasteiger partial charge in [0.05, 0.1) is 0 Å². The van der Waals surface area contributed by atoms with Gasteiger partial charge in [0.1, 0.15) is 0 Å². The summed E-state index contributed by atoms with van der Waals surface area (Å²) in [6.07, 6.45) is 0. The van der Waals surface area contributed by atoms with E-state index in [4.69, 9.17) is 0 Å². The maximum absolute atomic E-state index is 0. The fraction of sp³-hybridized carbons (Fsp3) is 0. The van der Waals surface area contributed by atoms with E-state index in [9.17, 15) is 0 Å². The molecule has 0 bridgehead atoms. The third-order valence-corrected chi connectivity index (χ3v) is 0. The second kappa shape index (κ2) is 18.8. The van der Waals surface area contributed by atoms with Gasteiger partial charge in [-0.15, -0.1) is 0 Å². The van der Waals surface area contributed by atoms with Crippen molar-refractivity contribution in [2.75, 3.05) is 0 Å². The molecule has 4 heteroatoms. The topological polar surface area (TPSA) is 0 Å². The summed E-state index contributed by atoms with van der Waals surface area (Å²) in [4.78, 5) is 0. The van der Waals surface area contributed by atoms with Crippen LogP contribution in [0.2, 0.25) is 0 Å². The third kappa shape index (κ3) is 8.87. The molecule has 0 rings (SSSR count). The van der Waals surface area contributed by atoms with Crippen molar-refractivity contribution in [3.05, 3.63) is 0 Å². The van der Waals surface area contributed by atoms with Crippen molar-refractivity contribution in [1.29, 1.82) is 0 Å². The van der Waals surface area contributed by atoms with E-state index in [2.05, 4.69) is 0 Å². The molecule has 0 N–H and O–H groups in total. The van der Waals surface area contributed by atoms with E-state index in [1.165, 1.54) is 0 Å². The quantitative estimate of drug-likeness (QED) is 0.407. The molecule has 0 aromatic carbocycles. The third-order valence-electron chi connectivity index (χ3n) is 0. The van der Waals surface area contributed by atoms with Crippen LogP contribution in [0.25, 0.3) is 0 Å². The van der Waals surface area contributed by atoms with E-state index in [1.54, 1.807) is 0 Å². The summed E-state index contributed by atoms with van der Waals surface area (Å²) < 4.78 is 0. The van der Waals surface area contributed by atoms with E-state index in [1.807, 2.05) is 0 Å². The van der Waals surface area contributed by atoms with Gasteiger partial charge >= 0.3 is 23.9 Å². The van der Waals surface area contributed by atoms with Gasteiger partial charge in [-0.25, -0.2) is 0 Å². The first kappa shape index (κ1) is 34.1. The molecule has 0 aliphatic carbocycles. The molecule has 0 fully saturated rings. The molecule has 0 aromatic heterocycles. The number of rotatable bonds is 0. The number of hydrogen-bond acceptors (Lipinski definition) is 0. The summed E-state index contributed by atoms with van der Waals surface area (Å²) in [7, 11) is 0. The van der Waals surface area contributed by atoms with Gasteiger partial charge in [-0.2, -0.15) is 9.90 Å². The standard InChI is InChI=1S/Fe.Ni.H3P.Sn.H/h;;1H3;;. The van der Waals surface area contributed by atoms with Crippen LogP contribution >= 0.6 is 9.90 Å². The molecule has 0 aliphatic heterocycles. The van der Waals surface area contributed by atoms with Gasteiger partial charge in [0, 0.05) is 33.6 Å². The van der Waals surface area contributed by atoms with Crippen LogP contribution in [-0.2, 0) is 33.6 Å². The van der Waals surface area contributed by atoms with Crippen molar-refractivity contribution < 1.29 is 33.6 Å². The Morgan fingerprint density at radius 2 is 1.00 bits per heavy atom. The fourth-order valence-electron chi connectivity index (χ4n) is 0. The van der Waals surface area contributed by atoms with Crippen LogP contribution in [0, 0.1) is 0 Å². The molecule has 0 aliphatic rings. The molecule has 1 atom stereocenters. The zero-order valence-corrected chi connectivity index (χ0v) is 8.76. The molecule has 0 amide bonds. The van der Waals surface area contributed by atoms with Gasteiger partial charge < -0.3 is 0 Å². The van der Waals surface area contributed by atoms with Gasteiger partial charge in [-0.1, -0.05) is 0 Å². The zero-order valence-electron chi connectivity index (χ0n) is 1.95. The summed E-state index contributed by atoms with van der Waals surface area (Å²) in [6.45, 7) is 0. The van der Waals surface area contributed by atoms with Crippen molar-refractivity contribution in [3.63, 3.8) is 0 Å². The van der Waals surface area contributed by atoms with Gasteiger partial charge in [0.2, 0.25) is 0 Å². The van der Waals surface area contributed by atoms with Crippen molar-refractivity contribution in [3.8, 4) is 0 Å². The predicted octanol–water partition coefficient (Wildman–Crippen LogP) is -0.595. The normalized spacial score (nSPS) is 0. The van der Waals surface area contributed by atoms with E-state index in [0.717, 1.165) is 0 Å². The summed E-state index contributed by atoms with van der Waals surface area (Å²) in [6, 6.07) is 0. The van der Waals surface area contributed by atoms with E-state index < -0.39 is 0 Å². The molecule has 0 aromatic rings. The molecule has 0 spiro atoms. The van der Waals surface area contributed by atoms with Crippen molar-refractivity contribution in [2.45, 2.75) is 0 Å². The van der Waals surface area contributed by atoms with Gasteiger partial charge in [-0.3, -0.25) is 0 Å². The molecule has 0 heterocycles. The van der Waals surface area contributed by atoms with Crippen LogP contribution in [0.3, 0.4) is 0 Å². The van der Waals surface area contributed by atoms with Gasteiger partial charge in [0.25, 0.3) is 0 Å². The minimum absolute atomic E-state index is 0. The number of hydrogen-bond donors (Lipinski definition) is 0. The summed E-state index contributed by atoms with van der Waals surface area (Å²) >= 11 is 0. The summed E-state index contributed by atoms with van der Waals surface area (Å²) in [5.74, 6) is 0. The molecule has 3 radical (unpaired) electrons. The average molecular weight is 268 g/mol. The van der Waals surface area contributed by atoms with Crippen LogP contribution in [0.4, 0.5) is 0 Å². The first-order valence-electron chi connectivity index (χ1n) is 0. The Kier molecular flexibility index (Phi) is 160. The van der Waals surface area contributed by atoms with Crippen molar-refractivity contribution >= 4 is 33.8 Å². The Morgan fingerprint density at radius 3 is 1.00 bits per heavy atom. The van der Waals surface area contributed by atoms with E-state index >= 15 is 0 Å². The van der Waals surface area contributed by atoms with Gasteiger partial charge in [0.15, 0.2) is 0 Å². The molecular weight excluding hydrogens is 264 g/mol. The second-order valence-electron chi connectivity index (χ2n) is 0. The second-order valence-corrected chi connectivity index (χ2v) is 0. The molecular formula is H4FeNiPSn. The van der Waals surface area contributed by atoms with Crippen LogP contribution in [0.1, 0.15) is 0 Å².